The van der Waals surface area contributed by atoms with Crippen molar-refractivity contribution in [1.29, 1.82) is 0 Å². The third-order valence-corrected chi connectivity index (χ3v) is 3.73. The number of aryl methyl sites for hydroxylation is 1. The molecule has 0 fully saturated rings. The number of aliphatic imine (C=N–C) groups is 1. The average Bonchev–Trinajstić information content (AvgIpc) is 2.93. The fraction of sp³-hybridized carbons (Fsp3) is 0.833. The molecule has 27 heavy (non-hydrogen) atoms. The Bertz CT molecular complexity index is 522. The summed E-state index contributed by atoms with van der Waals surface area (Å²) in [6, 6.07) is 0. The molecule has 9 heteroatoms. The van der Waals surface area contributed by atoms with Gasteiger partial charge in [0.1, 0.15) is 12.4 Å². The van der Waals surface area contributed by atoms with E-state index in [0.29, 0.717) is 12.5 Å². The Kier molecular flexibility index (Phi) is 15.5. The van der Waals surface area contributed by atoms with Gasteiger partial charge in [0.05, 0.1) is 0 Å². The molecule has 0 aliphatic rings. The second-order valence-corrected chi connectivity index (χ2v) is 6.61. The van der Waals surface area contributed by atoms with Gasteiger partial charge < -0.3 is 24.7 Å². The van der Waals surface area contributed by atoms with Gasteiger partial charge in [-0.3, -0.25) is 0 Å². The second kappa shape index (κ2) is 16.1. The molecule has 8 nitrogen and oxygen atoms in total. The molecule has 0 aliphatic carbocycles. The zero-order valence-electron chi connectivity index (χ0n) is 17.5. The van der Waals surface area contributed by atoms with Gasteiger partial charge in [0.25, 0.3) is 0 Å². The number of hydrogen-bond acceptors (Lipinski definition) is 5. The summed E-state index contributed by atoms with van der Waals surface area (Å²) in [6.07, 6.45) is 1.88. The molecule has 0 saturated carbocycles. The molecular weight excluding hydrogens is 459 g/mol. The number of guanidine groups is 1. The minimum atomic E-state index is 0. The number of hydrogen-bond donors (Lipinski definition) is 2. The van der Waals surface area contributed by atoms with E-state index in [-0.39, 0.29) is 24.0 Å². The molecule has 2 N–H and O–H groups in total. The van der Waals surface area contributed by atoms with Crippen molar-refractivity contribution in [3.8, 4) is 0 Å². The number of nitrogens with zero attached hydrogens (tertiary/aromatic N) is 4. The van der Waals surface area contributed by atoms with Crippen LogP contribution in [0.5, 0.6) is 0 Å². The van der Waals surface area contributed by atoms with Crippen molar-refractivity contribution in [3.05, 3.63) is 11.6 Å². The zero-order valence-corrected chi connectivity index (χ0v) is 19.8. The van der Waals surface area contributed by atoms with Gasteiger partial charge in [-0.25, -0.2) is 4.99 Å². The lowest BCUT2D eigenvalue weighted by Gasteiger charge is -2.13. The molecule has 0 aliphatic heterocycles. The van der Waals surface area contributed by atoms with Crippen LogP contribution in [0.2, 0.25) is 0 Å². The summed E-state index contributed by atoms with van der Waals surface area (Å²) in [5, 5.41) is 14.9. The summed E-state index contributed by atoms with van der Waals surface area (Å²) >= 11 is 0. The highest BCUT2D eigenvalue weighted by Gasteiger charge is 2.05. The largest absolute Gasteiger partial charge is 0.382 e. The van der Waals surface area contributed by atoms with Gasteiger partial charge in [-0.1, -0.05) is 13.8 Å². The molecule has 158 valence electrons. The molecule has 1 heterocycles. The van der Waals surface area contributed by atoms with E-state index in [9.17, 15) is 0 Å². The first kappa shape index (κ1) is 26.1. The lowest BCUT2D eigenvalue weighted by atomic mass is 10.2. The number of ether oxygens (including phenoxy) is 2. The molecule has 0 unspecified atom stereocenters. The van der Waals surface area contributed by atoms with Crippen molar-refractivity contribution in [2.24, 2.45) is 18.0 Å². The standard InChI is InChI=1S/C18H36N6O2.HI/c1-6-25-11-7-9-19-18(20-10-8-12-26-14-15(2)3)21-13-17-23-22-16(4)24(17)5;/h15H,6-14H2,1-5H3,(H2,19,20,21);1H. The lowest BCUT2D eigenvalue weighted by molar-refractivity contribution is 0.108. The Morgan fingerprint density at radius 1 is 1.11 bits per heavy atom. The molecule has 1 rings (SSSR count). The summed E-state index contributed by atoms with van der Waals surface area (Å²) in [6.45, 7) is 13.4. The summed E-state index contributed by atoms with van der Waals surface area (Å²) in [5.41, 5.74) is 0. The van der Waals surface area contributed by atoms with E-state index < -0.39 is 0 Å². The molecular formula is C18H37IN6O2. The Labute approximate surface area is 180 Å². The fourth-order valence-corrected chi connectivity index (χ4v) is 2.14. The predicted octanol–water partition coefficient (Wildman–Crippen LogP) is 2.27. The van der Waals surface area contributed by atoms with Crippen molar-refractivity contribution in [2.75, 3.05) is 39.5 Å². The Morgan fingerprint density at radius 2 is 1.74 bits per heavy atom. The molecule has 0 saturated heterocycles. The first-order valence-corrected chi connectivity index (χ1v) is 9.57. The average molecular weight is 496 g/mol. The van der Waals surface area contributed by atoms with E-state index >= 15 is 0 Å². The van der Waals surface area contributed by atoms with Crippen LogP contribution >= 0.6 is 24.0 Å². The maximum atomic E-state index is 5.61. The molecule has 0 amide bonds. The third-order valence-electron chi connectivity index (χ3n) is 3.73. The highest BCUT2D eigenvalue weighted by molar-refractivity contribution is 14.0. The quantitative estimate of drug-likeness (QED) is 0.189. The molecule has 0 bridgehead atoms. The number of nitrogens with one attached hydrogen (secondary N) is 2. The smallest absolute Gasteiger partial charge is 0.191 e. The van der Waals surface area contributed by atoms with Crippen molar-refractivity contribution < 1.29 is 9.47 Å². The van der Waals surface area contributed by atoms with Crippen LogP contribution in [-0.2, 0) is 23.1 Å². The Morgan fingerprint density at radius 3 is 2.26 bits per heavy atom. The summed E-state index contributed by atoms with van der Waals surface area (Å²) in [4.78, 5) is 4.62. The van der Waals surface area contributed by atoms with E-state index in [1.807, 2.05) is 25.5 Å². The van der Waals surface area contributed by atoms with Gasteiger partial charge in [0, 0.05) is 46.6 Å². The topological polar surface area (TPSA) is 85.6 Å². The Hall–Kier alpha value is -0.940. The van der Waals surface area contributed by atoms with E-state index in [0.717, 1.165) is 70.0 Å². The van der Waals surface area contributed by atoms with Crippen LogP contribution in [-0.4, -0.2) is 60.2 Å². The van der Waals surface area contributed by atoms with Gasteiger partial charge >= 0.3 is 0 Å². The highest BCUT2D eigenvalue weighted by atomic mass is 127. The first-order chi connectivity index (χ1) is 12.5. The number of rotatable bonds is 13. The third kappa shape index (κ3) is 12.2. The van der Waals surface area contributed by atoms with E-state index in [1.165, 1.54) is 0 Å². The summed E-state index contributed by atoms with van der Waals surface area (Å²) < 4.78 is 12.9. The van der Waals surface area contributed by atoms with Crippen LogP contribution < -0.4 is 10.6 Å². The Balaban J connectivity index is 0.00000676. The molecule has 0 radical (unpaired) electrons. The number of aromatic nitrogens is 3. The molecule has 1 aromatic heterocycles. The molecule has 0 atom stereocenters. The minimum absolute atomic E-state index is 0. The van der Waals surface area contributed by atoms with Gasteiger partial charge in [-0.05, 0) is 32.6 Å². The van der Waals surface area contributed by atoms with Crippen molar-refractivity contribution in [3.63, 3.8) is 0 Å². The van der Waals surface area contributed by atoms with Crippen LogP contribution in [0.15, 0.2) is 4.99 Å². The van der Waals surface area contributed by atoms with E-state index in [4.69, 9.17) is 9.47 Å². The lowest BCUT2D eigenvalue weighted by Crippen LogP contribution is -2.39. The predicted molar refractivity (Wildman–Crippen MR) is 120 cm³/mol. The van der Waals surface area contributed by atoms with Crippen LogP contribution in [0.3, 0.4) is 0 Å². The maximum Gasteiger partial charge on any atom is 0.191 e. The van der Waals surface area contributed by atoms with E-state index in [2.05, 4.69) is 39.7 Å². The maximum absolute atomic E-state index is 5.61. The van der Waals surface area contributed by atoms with Gasteiger partial charge in [0.15, 0.2) is 11.8 Å². The zero-order chi connectivity index (χ0) is 19.2. The van der Waals surface area contributed by atoms with Gasteiger partial charge in [0.2, 0.25) is 0 Å². The minimum Gasteiger partial charge on any atom is -0.382 e. The van der Waals surface area contributed by atoms with Crippen LogP contribution in [0, 0.1) is 12.8 Å². The van der Waals surface area contributed by atoms with E-state index in [1.54, 1.807) is 0 Å². The molecule has 0 aromatic carbocycles. The van der Waals surface area contributed by atoms with Crippen LogP contribution in [0.4, 0.5) is 0 Å². The summed E-state index contributed by atoms with van der Waals surface area (Å²) in [7, 11) is 1.95. The fourth-order valence-electron chi connectivity index (χ4n) is 2.14. The second-order valence-electron chi connectivity index (χ2n) is 6.61. The normalized spacial score (nSPS) is 11.6. The molecule has 1 aromatic rings. The highest BCUT2D eigenvalue weighted by Crippen LogP contribution is 1.99. The van der Waals surface area contributed by atoms with Crippen molar-refractivity contribution in [2.45, 2.75) is 47.1 Å². The number of halogens is 1. The van der Waals surface area contributed by atoms with Crippen molar-refractivity contribution >= 4 is 29.9 Å². The van der Waals surface area contributed by atoms with Gasteiger partial charge in [-0.15, -0.1) is 34.2 Å². The molecule has 0 spiro atoms. The van der Waals surface area contributed by atoms with Crippen LogP contribution in [0.1, 0.15) is 45.3 Å². The summed E-state index contributed by atoms with van der Waals surface area (Å²) in [5.74, 6) is 3.09. The van der Waals surface area contributed by atoms with Crippen molar-refractivity contribution in [1.82, 2.24) is 25.4 Å². The van der Waals surface area contributed by atoms with Gasteiger partial charge in [-0.2, -0.15) is 0 Å². The van der Waals surface area contributed by atoms with Crippen LogP contribution in [0.25, 0.3) is 0 Å². The first-order valence-electron chi connectivity index (χ1n) is 9.57. The monoisotopic (exact) mass is 496 g/mol. The SMILES string of the molecule is CCOCCCNC(=NCc1nnc(C)n1C)NCCCOCC(C)C.I.